The van der Waals surface area contributed by atoms with Gasteiger partial charge in [-0.3, -0.25) is 14.5 Å². The molecule has 9 heteroatoms. The van der Waals surface area contributed by atoms with Crippen molar-refractivity contribution in [1.29, 1.82) is 5.26 Å². The summed E-state index contributed by atoms with van der Waals surface area (Å²) < 4.78 is 17.8. The number of carbonyl (C=O) groups excluding carboxylic acids is 2. The molecule has 37 heavy (non-hydrogen) atoms. The van der Waals surface area contributed by atoms with E-state index in [1.807, 2.05) is 43.3 Å². The molecular weight excluding hydrogens is 556 g/mol. The van der Waals surface area contributed by atoms with Crippen molar-refractivity contribution in [2.24, 2.45) is 0 Å². The Morgan fingerprint density at radius 1 is 1.08 bits per heavy atom. The molecule has 3 aromatic carbocycles. The highest BCUT2D eigenvalue weighted by atomic mass is 79.9. The number of hydrogen-bond donors (Lipinski definition) is 0. The smallest absolute Gasteiger partial charge is 0.293 e. The molecule has 1 aliphatic rings. The van der Waals surface area contributed by atoms with Gasteiger partial charge in [-0.25, -0.2) is 0 Å². The number of amides is 2. The van der Waals surface area contributed by atoms with Crippen LogP contribution < -0.4 is 14.2 Å². The lowest BCUT2D eigenvalue weighted by Crippen LogP contribution is -2.32. The zero-order valence-electron chi connectivity index (χ0n) is 20.2. The molecule has 0 aromatic heterocycles. The molecule has 0 spiro atoms. The Morgan fingerprint density at radius 3 is 2.57 bits per heavy atom. The van der Waals surface area contributed by atoms with Crippen LogP contribution in [0.3, 0.4) is 0 Å². The maximum absolute atomic E-state index is 12.9. The number of imide groups is 1. The normalized spacial score (nSPS) is 14.1. The van der Waals surface area contributed by atoms with Crippen molar-refractivity contribution in [1.82, 2.24) is 4.90 Å². The van der Waals surface area contributed by atoms with Crippen molar-refractivity contribution in [2.75, 3.05) is 20.3 Å². The van der Waals surface area contributed by atoms with Crippen LogP contribution in [0.25, 0.3) is 6.08 Å². The van der Waals surface area contributed by atoms with Gasteiger partial charge in [0.05, 0.1) is 34.7 Å². The predicted octanol–water partition coefficient (Wildman–Crippen LogP) is 6.33. The van der Waals surface area contributed by atoms with Gasteiger partial charge < -0.3 is 14.2 Å². The monoisotopic (exact) mass is 578 g/mol. The van der Waals surface area contributed by atoms with Crippen molar-refractivity contribution in [3.8, 4) is 23.3 Å². The van der Waals surface area contributed by atoms with Crippen LogP contribution in [0.2, 0.25) is 0 Å². The van der Waals surface area contributed by atoms with Gasteiger partial charge in [0.2, 0.25) is 0 Å². The first kappa shape index (κ1) is 26.3. The second-order valence-electron chi connectivity index (χ2n) is 8.13. The third-order valence-electron chi connectivity index (χ3n) is 5.46. The lowest BCUT2D eigenvalue weighted by Gasteiger charge is -2.14. The van der Waals surface area contributed by atoms with E-state index in [1.165, 1.54) is 12.0 Å². The maximum Gasteiger partial charge on any atom is 0.293 e. The van der Waals surface area contributed by atoms with Crippen molar-refractivity contribution >= 4 is 44.9 Å². The minimum absolute atomic E-state index is 0.158. The highest BCUT2D eigenvalue weighted by molar-refractivity contribution is 9.10. The number of thioether (sulfide) groups is 1. The Hall–Kier alpha value is -3.74. The first-order chi connectivity index (χ1) is 17.9. The van der Waals surface area contributed by atoms with Crippen LogP contribution >= 0.6 is 27.7 Å². The highest BCUT2D eigenvalue weighted by Gasteiger charge is 2.35. The quantitative estimate of drug-likeness (QED) is 0.274. The number of nitrogens with zero attached hydrogens (tertiary/aromatic N) is 2. The second kappa shape index (κ2) is 12.0. The van der Waals surface area contributed by atoms with Gasteiger partial charge in [-0.2, -0.15) is 5.26 Å². The second-order valence-corrected chi connectivity index (χ2v) is 9.98. The van der Waals surface area contributed by atoms with Gasteiger partial charge >= 0.3 is 0 Å². The topological polar surface area (TPSA) is 88.9 Å². The Labute approximate surface area is 227 Å². The van der Waals surface area contributed by atoms with Crippen molar-refractivity contribution in [3.05, 3.63) is 92.3 Å². The maximum atomic E-state index is 12.9. The van der Waals surface area contributed by atoms with E-state index < -0.39 is 0 Å². The zero-order valence-corrected chi connectivity index (χ0v) is 22.6. The van der Waals surface area contributed by atoms with E-state index >= 15 is 0 Å². The van der Waals surface area contributed by atoms with Crippen LogP contribution in [0.15, 0.2) is 70.0 Å². The largest absolute Gasteiger partial charge is 0.493 e. The van der Waals surface area contributed by atoms with Crippen LogP contribution in [-0.4, -0.2) is 36.3 Å². The minimum atomic E-state index is -0.362. The van der Waals surface area contributed by atoms with Gasteiger partial charge in [0.25, 0.3) is 11.1 Å². The van der Waals surface area contributed by atoms with Gasteiger partial charge in [-0.15, -0.1) is 0 Å². The summed E-state index contributed by atoms with van der Waals surface area (Å²) in [5.74, 6) is 1.31. The van der Waals surface area contributed by atoms with Crippen LogP contribution in [0.1, 0.15) is 22.3 Å². The van der Waals surface area contributed by atoms with E-state index in [1.54, 1.807) is 30.3 Å². The summed E-state index contributed by atoms with van der Waals surface area (Å²) in [6, 6.07) is 20.3. The molecule has 4 rings (SSSR count). The summed E-state index contributed by atoms with van der Waals surface area (Å²) >= 11 is 4.41. The fraction of sp³-hybridized carbons (Fsp3) is 0.179. The lowest BCUT2D eigenvalue weighted by molar-refractivity contribution is -0.123. The average molecular weight is 579 g/mol. The third kappa shape index (κ3) is 6.53. The van der Waals surface area contributed by atoms with E-state index in [4.69, 9.17) is 19.5 Å². The molecule has 0 N–H and O–H groups in total. The number of aryl methyl sites for hydroxylation is 1. The van der Waals surface area contributed by atoms with Crippen molar-refractivity contribution in [2.45, 2.75) is 13.5 Å². The number of halogens is 1. The predicted molar refractivity (Wildman–Crippen MR) is 146 cm³/mol. The Bertz CT molecular complexity index is 1400. The molecular formula is C28H23BrN2O5S. The first-order valence-corrected chi connectivity index (χ1v) is 12.9. The highest BCUT2D eigenvalue weighted by Crippen LogP contribution is 2.39. The number of benzene rings is 3. The summed E-state index contributed by atoms with van der Waals surface area (Å²) in [7, 11) is 1.53. The summed E-state index contributed by atoms with van der Waals surface area (Å²) in [6.07, 6.45) is 1.66. The van der Waals surface area contributed by atoms with Crippen LogP contribution in [-0.2, 0) is 11.4 Å². The van der Waals surface area contributed by atoms with Crippen LogP contribution in [0, 0.1) is 18.3 Å². The number of nitriles is 1. The molecule has 188 valence electrons. The Kier molecular flexibility index (Phi) is 8.54. The van der Waals surface area contributed by atoms with Gasteiger partial charge in [0.15, 0.2) is 11.5 Å². The number of methoxy groups -OCH3 is 1. The number of carbonyl (C=O) groups is 2. The van der Waals surface area contributed by atoms with E-state index in [0.29, 0.717) is 37.8 Å². The van der Waals surface area contributed by atoms with E-state index in [2.05, 4.69) is 22.0 Å². The summed E-state index contributed by atoms with van der Waals surface area (Å²) in [4.78, 5) is 26.9. The molecule has 3 aromatic rings. The molecule has 0 saturated carbocycles. The molecule has 1 fully saturated rings. The van der Waals surface area contributed by atoms with Crippen molar-refractivity contribution in [3.63, 3.8) is 0 Å². The lowest BCUT2D eigenvalue weighted by atomic mass is 10.1. The standard InChI is InChI=1S/C28H23BrN2O5S/c1-18-4-3-5-22(12-18)35-11-10-31-27(32)25(37-28(31)33)15-21-13-23(29)26(24(14-21)34-2)36-17-20-8-6-19(16-30)7-9-20/h3-9,12-15H,10-11,17H2,1-2H3/b25-15-. The Balaban J connectivity index is 1.43. The summed E-state index contributed by atoms with van der Waals surface area (Å²) in [6.45, 7) is 2.61. The minimum Gasteiger partial charge on any atom is -0.493 e. The number of rotatable bonds is 9. The van der Waals surface area contributed by atoms with E-state index in [-0.39, 0.29) is 30.9 Å². The molecule has 0 radical (unpaired) electrons. The molecule has 0 unspecified atom stereocenters. The fourth-order valence-electron chi connectivity index (χ4n) is 3.60. The SMILES string of the molecule is COc1cc(/C=C2\SC(=O)N(CCOc3cccc(C)c3)C2=O)cc(Br)c1OCc1ccc(C#N)cc1. The number of ether oxygens (including phenoxy) is 3. The summed E-state index contributed by atoms with van der Waals surface area (Å²) in [5.41, 5.74) is 3.22. The molecule has 1 aliphatic heterocycles. The molecule has 0 bridgehead atoms. The molecule has 0 atom stereocenters. The molecule has 7 nitrogen and oxygen atoms in total. The van der Waals surface area contributed by atoms with Gasteiger partial charge in [0, 0.05) is 0 Å². The first-order valence-electron chi connectivity index (χ1n) is 11.3. The van der Waals surface area contributed by atoms with Crippen LogP contribution in [0.5, 0.6) is 17.2 Å². The number of hydrogen-bond acceptors (Lipinski definition) is 7. The van der Waals surface area contributed by atoms with E-state index in [0.717, 1.165) is 22.9 Å². The van der Waals surface area contributed by atoms with Crippen LogP contribution in [0.4, 0.5) is 4.79 Å². The molecule has 2 amide bonds. The molecule has 1 heterocycles. The molecule has 0 aliphatic carbocycles. The van der Waals surface area contributed by atoms with Gasteiger partial charge in [-0.1, -0.05) is 24.3 Å². The molecule has 1 saturated heterocycles. The third-order valence-corrected chi connectivity index (χ3v) is 6.96. The van der Waals surface area contributed by atoms with Crippen molar-refractivity contribution < 1.29 is 23.8 Å². The Morgan fingerprint density at radius 2 is 1.86 bits per heavy atom. The summed E-state index contributed by atoms with van der Waals surface area (Å²) in [5, 5.41) is 8.61. The zero-order chi connectivity index (χ0) is 26.4. The fourth-order valence-corrected chi connectivity index (χ4v) is 5.04. The average Bonchev–Trinajstić information content (AvgIpc) is 3.15. The van der Waals surface area contributed by atoms with E-state index in [9.17, 15) is 9.59 Å². The van der Waals surface area contributed by atoms with Gasteiger partial charge in [-0.05, 0) is 93.8 Å². The van der Waals surface area contributed by atoms with Gasteiger partial charge in [0.1, 0.15) is 19.0 Å².